The van der Waals surface area contributed by atoms with Gasteiger partial charge in [-0.25, -0.2) is 9.59 Å². The van der Waals surface area contributed by atoms with Crippen molar-refractivity contribution in [2.75, 3.05) is 13.2 Å². The molecule has 0 saturated heterocycles. The Morgan fingerprint density at radius 1 is 1.14 bits per heavy atom. The van der Waals surface area contributed by atoms with E-state index in [-0.39, 0.29) is 17.8 Å². The summed E-state index contributed by atoms with van der Waals surface area (Å²) in [7, 11) is 0. The fourth-order valence-electron chi connectivity index (χ4n) is 2.65. The van der Waals surface area contributed by atoms with Crippen molar-refractivity contribution < 1.29 is 19.1 Å². The molecule has 1 rings (SSSR count). The lowest BCUT2D eigenvalue weighted by molar-refractivity contribution is -0.148. The number of alkyl carbamates (subject to hydrolysis) is 1. The lowest BCUT2D eigenvalue weighted by atomic mass is 9.84. The fourth-order valence-corrected chi connectivity index (χ4v) is 2.65. The molecule has 5 nitrogen and oxygen atoms in total. The van der Waals surface area contributed by atoms with Gasteiger partial charge in [-0.3, -0.25) is 0 Å². The Morgan fingerprint density at radius 2 is 1.82 bits per heavy atom. The van der Waals surface area contributed by atoms with Crippen molar-refractivity contribution in [2.45, 2.75) is 71.8 Å². The SMILES string of the molecule is CCCCOC(=O)C(NC(=O)OCC(C)C)C1CCCCC1. The number of ether oxygens (including phenoxy) is 2. The quantitative estimate of drug-likeness (QED) is 0.548. The van der Waals surface area contributed by atoms with Crippen LogP contribution in [-0.4, -0.2) is 31.3 Å². The van der Waals surface area contributed by atoms with Gasteiger partial charge >= 0.3 is 12.1 Å². The second-order valence-corrected chi connectivity index (χ2v) is 6.53. The van der Waals surface area contributed by atoms with Crippen LogP contribution in [-0.2, 0) is 14.3 Å². The zero-order valence-electron chi connectivity index (χ0n) is 14.2. The van der Waals surface area contributed by atoms with Crippen molar-refractivity contribution in [1.82, 2.24) is 5.32 Å². The molecule has 1 aliphatic rings. The molecule has 0 spiro atoms. The zero-order valence-corrected chi connectivity index (χ0v) is 14.2. The van der Waals surface area contributed by atoms with E-state index in [0.717, 1.165) is 38.5 Å². The molecular formula is C17H31NO4. The van der Waals surface area contributed by atoms with E-state index < -0.39 is 12.1 Å². The molecule has 1 N–H and O–H groups in total. The number of nitrogens with one attached hydrogen (secondary N) is 1. The maximum Gasteiger partial charge on any atom is 0.407 e. The highest BCUT2D eigenvalue weighted by Crippen LogP contribution is 2.27. The van der Waals surface area contributed by atoms with Crippen LogP contribution in [0.3, 0.4) is 0 Å². The average Bonchev–Trinajstić information content (AvgIpc) is 2.51. The lowest BCUT2D eigenvalue weighted by Gasteiger charge is -2.29. The molecule has 0 heterocycles. The van der Waals surface area contributed by atoms with Gasteiger partial charge in [-0.05, 0) is 31.1 Å². The van der Waals surface area contributed by atoms with Gasteiger partial charge in [0.1, 0.15) is 6.04 Å². The third kappa shape index (κ3) is 7.14. The summed E-state index contributed by atoms with van der Waals surface area (Å²) in [4.78, 5) is 24.2. The Kier molecular flexibility index (Phi) is 8.94. The van der Waals surface area contributed by atoms with Gasteiger partial charge in [-0.2, -0.15) is 0 Å². The van der Waals surface area contributed by atoms with Crippen molar-refractivity contribution >= 4 is 12.1 Å². The summed E-state index contributed by atoms with van der Waals surface area (Å²) in [6.45, 7) is 6.78. The molecule has 22 heavy (non-hydrogen) atoms. The highest BCUT2D eigenvalue weighted by molar-refractivity contribution is 5.81. The summed E-state index contributed by atoms with van der Waals surface area (Å²) in [5, 5.41) is 2.73. The molecule has 1 atom stereocenters. The molecule has 1 fully saturated rings. The van der Waals surface area contributed by atoms with Crippen molar-refractivity contribution in [2.24, 2.45) is 11.8 Å². The maximum atomic E-state index is 12.3. The monoisotopic (exact) mass is 313 g/mol. The average molecular weight is 313 g/mol. The van der Waals surface area contributed by atoms with Gasteiger partial charge in [0.05, 0.1) is 13.2 Å². The van der Waals surface area contributed by atoms with Crippen LogP contribution in [0.2, 0.25) is 0 Å². The zero-order chi connectivity index (χ0) is 16.4. The molecule has 128 valence electrons. The summed E-state index contributed by atoms with van der Waals surface area (Å²) in [5.74, 6) is 0.117. The predicted octanol–water partition coefficient (Wildman–Crippen LogP) is 3.66. The Balaban J connectivity index is 2.56. The molecule has 1 unspecified atom stereocenters. The third-order valence-corrected chi connectivity index (χ3v) is 3.94. The number of amides is 1. The van der Waals surface area contributed by atoms with E-state index in [1.54, 1.807) is 0 Å². The molecule has 1 saturated carbocycles. The fraction of sp³-hybridized carbons (Fsp3) is 0.882. The maximum absolute atomic E-state index is 12.3. The van der Waals surface area contributed by atoms with E-state index in [1.165, 1.54) is 6.42 Å². The van der Waals surface area contributed by atoms with Crippen LogP contribution < -0.4 is 5.32 Å². The molecule has 1 amide bonds. The second-order valence-electron chi connectivity index (χ2n) is 6.53. The minimum Gasteiger partial charge on any atom is -0.464 e. The molecule has 0 aromatic carbocycles. The second kappa shape index (κ2) is 10.5. The summed E-state index contributed by atoms with van der Waals surface area (Å²) >= 11 is 0. The van der Waals surface area contributed by atoms with E-state index in [4.69, 9.17) is 9.47 Å². The summed E-state index contributed by atoms with van der Waals surface area (Å²) in [5.41, 5.74) is 0. The number of hydrogen-bond donors (Lipinski definition) is 1. The van der Waals surface area contributed by atoms with Crippen LogP contribution in [0.5, 0.6) is 0 Å². The first-order chi connectivity index (χ1) is 10.5. The summed E-state index contributed by atoms with van der Waals surface area (Å²) < 4.78 is 10.5. The van der Waals surface area contributed by atoms with Gasteiger partial charge in [-0.1, -0.05) is 46.5 Å². The summed E-state index contributed by atoms with van der Waals surface area (Å²) in [6.07, 6.45) is 6.63. The van der Waals surface area contributed by atoms with Crippen molar-refractivity contribution in [3.8, 4) is 0 Å². The highest BCUT2D eigenvalue weighted by atomic mass is 16.6. The number of carbonyl (C=O) groups excluding carboxylic acids is 2. The predicted molar refractivity (Wildman–Crippen MR) is 85.6 cm³/mol. The van der Waals surface area contributed by atoms with E-state index in [2.05, 4.69) is 5.32 Å². The number of carbonyl (C=O) groups is 2. The number of unbranched alkanes of at least 4 members (excludes halogenated alkanes) is 1. The van der Waals surface area contributed by atoms with Crippen LogP contribution in [0.1, 0.15) is 65.7 Å². The van der Waals surface area contributed by atoms with Crippen LogP contribution in [0.15, 0.2) is 0 Å². The Hall–Kier alpha value is -1.26. The largest absolute Gasteiger partial charge is 0.464 e. The molecular weight excluding hydrogens is 282 g/mol. The van der Waals surface area contributed by atoms with Gasteiger partial charge in [0.25, 0.3) is 0 Å². The molecule has 5 heteroatoms. The standard InChI is InChI=1S/C17H31NO4/c1-4-5-11-21-16(19)15(14-9-7-6-8-10-14)18-17(20)22-12-13(2)3/h13-15H,4-12H2,1-3H3,(H,18,20). The van der Waals surface area contributed by atoms with Gasteiger partial charge in [-0.15, -0.1) is 0 Å². The highest BCUT2D eigenvalue weighted by Gasteiger charge is 2.32. The molecule has 1 aliphatic carbocycles. The van der Waals surface area contributed by atoms with Crippen LogP contribution in [0.25, 0.3) is 0 Å². The first kappa shape index (κ1) is 18.8. The van der Waals surface area contributed by atoms with E-state index in [0.29, 0.717) is 13.2 Å². The normalized spacial score (nSPS) is 17.1. The third-order valence-electron chi connectivity index (χ3n) is 3.94. The van der Waals surface area contributed by atoms with Crippen LogP contribution in [0, 0.1) is 11.8 Å². The minimum absolute atomic E-state index is 0.162. The molecule has 0 bridgehead atoms. The smallest absolute Gasteiger partial charge is 0.407 e. The van der Waals surface area contributed by atoms with Gasteiger partial charge in [0, 0.05) is 0 Å². The molecule has 0 aliphatic heterocycles. The van der Waals surface area contributed by atoms with E-state index in [9.17, 15) is 9.59 Å². The Labute approximate surface area is 134 Å². The van der Waals surface area contributed by atoms with E-state index in [1.807, 2.05) is 20.8 Å². The van der Waals surface area contributed by atoms with Crippen molar-refractivity contribution in [1.29, 1.82) is 0 Å². The molecule has 0 aromatic rings. The Morgan fingerprint density at radius 3 is 2.41 bits per heavy atom. The first-order valence-corrected chi connectivity index (χ1v) is 8.64. The molecule has 0 aromatic heterocycles. The number of rotatable bonds is 8. The Bertz CT molecular complexity index is 338. The van der Waals surface area contributed by atoms with Crippen LogP contribution in [0.4, 0.5) is 4.79 Å². The number of hydrogen-bond acceptors (Lipinski definition) is 4. The van der Waals surface area contributed by atoms with Crippen molar-refractivity contribution in [3.63, 3.8) is 0 Å². The topological polar surface area (TPSA) is 64.6 Å². The lowest BCUT2D eigenvalue weighted by Crippen LogP contribution is -2.47. The minimum atomic E-state index is -0.572. The number of esters is 1. The molecule has 0 radical (unpaired) electrons. The van der Waals surface area contributed by atoms with Crippen molar-refractivity contribution in [3.05, 3.63) is 0 Å². The van der Waals surface area contributed by atoms with Gasteiger partial charge in [0.15, 0.2) is 0 Å². The van der Waals surface area contributed by atoms with E-state index >= 15 is 0 Å². The van der Waals surface area contributed by atoms with Gasteiger partial charge in [0.2, 0.25) is 0 Å². The van der Waals surface area contributed by atoms with Crippen LogP contribution >= 0.6 is 0 Å². The summed E-state index contributed by atoms with van der Waals surface area (Å²) in [6, 6.07) is -0.572. The first-order valence-electron chi connectivity index (χ1n) is 8.64. The van der Waals surface area contributed by atoms with Gasteiger partial charge < -0.3 is 14.8 Å².